The molecule has 0 saturated heterocycles. The fourth-order valence-corrected chi connectivity index (χ4v) is 12.7. The van der Waals surface area contributed by atoms with E-state index in [2.05, 4.69) is 241 Å². The van der Waals surface area contributed by atoms with Crippen LogP contribution >= 0.6 is 10.0 Å². The number of anilines is 3. The van der Waals surface area contributed by atoms with E-state index in [-0.39, 0.29) is 0 Å². The summed E-state index contributed by atoms with van der Waals surface area (Å²) in [6, 6.07) is 86.8. The summed E-state index contributed by atoms with van der Waals surface area (Å²) in [7, 11) is -1.83. The average Bonchev–Trinajstić information content (AvgIpc) is 3.58. The average molecular weight is 734 g/mol. The fourth-order valence-electron chi connectivity index (χ4n) is 8.47. The summed E-state index contributed by atoms with van der Waals surface area (Å²) in [6.45, 7) is 0. The first-order chi connectivity index (χ1) is 27.8. The molecule has 2 heteroatoms. The lowest BCUT2D eigenvalue weighted by Crippen LogP contribution is -2.12. The largest absolute Gasteiger partial charge is 0.310 e. The third-order valence-electron chi connectivity index (χ3n) is 10.9. The van der Waals surface area contributed by atoms with E-state index < -0.39 is 10.0 Å². The highest BCUT2D eigenvalue weighted by Gasteiger charge is 2.42. The number of benzene rings is 9. The van der Waals surface area contributed by atoms with Crippen molar-refractivity contribution in [2.24, 2.45) is 0 Å². The molecule has 0 amide bonds. The molecule has 0 atom stereocenters. The minimum Gasteiger partial charge on any atom is -0.310 e. The van der Waals surface area contributed by atoms with Crippen molar-refractivity contribution in [2.75, 3.05) is 4.90 Å². The van der Waals surface area contributed by atoms with Crippen LogP contribution in [0.15, 0.2) is 256 Å². The molecule has 0 bridgehead atoms. The molecule has 0 spiro atoms. The van der Waals surface area contributed by atoms with Crippen LogP contribution in [0.4, 0.5) is 17.1 Å². The van der Waals surface area contributed by atoms with E-state index in [9.17, 15) is 0 Å². The Morgan fingerprint density at radius 2 is 0.786 bits per heavy atom. The maximum atomic E-state index is 2.50. The first kappa shape index (κ1) is 33.7. The number of hydrogen-bond acceptors (Lipinski definition) is 1. The standard InChI is InChI=1S/C54H39NS/c1-6-20-40(21-7-1)42-24-18-25-43(38-42)54-48(41-22-8-2-9-23-41)33-19-34-51(54)55(44-26-10-3-11-27-44)45-36-37-50-49-32-16-17-35-52(49)56(53(50)39-45,46-28-12-4-13-29-46)47-30-14-5-15-31-47/h1-39H. The van der Waals surface area contributed by atoms with Crippen LogP contribution in [0, 0.1) is 0 Å². The molecule has 0 unspecified atom stereocenters. The van der Waals surface area contributed by atoms with Crippen molar-refractivity contribution in [1.29, 1.82) is 0 Å². The summed E-state index contributed by atoms with van der Waals surface area (Å²) in [5, 5.41) is 0. The first-order valence-electron chi connectivity index (χ1n) is 19.2. The molecule has 0 radical (unpaired) electrons. The van der Waals surface area contributed by atoms with E-state index in [1.165, 1.54) is 64.1 Å². The van der Waals surface area contributed by atoms with Crippen molar-refractivity contribution in [3.8, 4) is 44.5 Å². The highest BCUT2D eigenvalue weighted by atomic mass is 32.3. The SMILES string of the molecule is c1ccc(-c2cccc(-c3c(-c4ccccc4)cccc3N(c3ccccc3)c3ccc4c(c3)S(c3ccccc3)(c3ccccc3)c3ccccc3-4)c2)cc1. The minimum atomic E-state index is -1.83. The van der Waals surface area contributed by atoms with Gasteiger partial charge in [0.15, 0.2) is 0 Å². The molecule has 10 rings (SSSR count). The Morgan fingerprint density at radius 1 is 0.286 bits per heavy atom. The van der Waals surface area contributed by atoms with Gasteiger partial charge in [-0.15, -0.1) is 10.0 Å². The third-order valence-corrected chi connectivity index (χ3v) is 14.9. The zero-order valence-corrected chi connectivity index (χ0v) is 31.7. The van der Waals surface area contributed by atoms with Crippen LogP contribution in [0.25, 0.3) is 44.5 Å². The van der Waals surface area contributed by atoms with Gasteiger partial charge in [-0.3, -0.25) is 0 Å². The lowest BCUT2D eigenvalue weighted by molar-refractivity contribution is 1.25. The Bertz CT molecular complexity index is 2740. The van der Waals surface area contributed by atoms with Crippen molar-refractivity contribution < 1.29 is 0 Å². The molecule has 9 aromatic carbocycles. The Labute approximate surface area is 331 Å². The maximum absolute atomic E-state index is 2.50. The van der Waals surface area contributed by atoms with Gasteiger partial charge in [0, 0.05) is 36.5 Å². The summed E-state index contributed by atoms with van der Waals surface area (Å²) >= 11 is 0. The minimum absolute atomic E-state index is 1.11. The molecule has 9 aromatic rings. The number of rotatable bonds is 8. The fraction of sp³-hybridized carbons (Fsp3) is 0. The van der Waals surface area contributed by atoms with Crippen molar-refractivity contribution in [3.05, 3.63) is 237 Å². The van der Waals surface area contributed by atoms with E-state index in [0.29, 0.717) is 0 Å². The van der Waals surface area contributed by atoms with E-state index in [1.54, 1.807) is 0 Å². The van der Waals surface area contributed by atoms with Gasteiger partial charge in [0.25, 0.3) is 0 Å². The van der Waals surface area contributed by atoms with Gasteiger partial charge in [-0.2, -0.15) is 0 Å². The lowest BCUT2D eigenvalue weighted by atomic mass is 9.90. The maximum Gasteiger partial charge on any atom is 0.0546 e. The van der Waals surface area contributed by atoms with Gasteiger partial charge in [-0.05, 0) is 106 Å². The molecule has 0 aliphatic carbocycles. The molecule has 1 nitrogen and oxygen atoms in total. The monoisotopic (exact) mass is 733 g/mol. The molecule has 1 heterocycles. The van der Waals surface area contributed by atoms with Crippen LogP contribution in [0.3, 0.4) is 0 Å². The molecular weight excluding hydrogens is 695 g/mol. The molecule has 266 valence electrons. The van der Waals surface area contributed by atoms with Crippen molar-refractivity contribution in [3.63, 3.8) is 0 Å². The van der Waals surface area contributed by atoms with E-state index in [1.807, 2.05) is 0 Å². The molecule has 56 heavy (non-hydrogen) atoms. The van der Waals surface area contributed by atoms with Gasteiger partial charge < -0.3 is 4.90 Å². The van der Waals surface area contributed by atoms with Crippen LogP contribution in [-0.2, 0) is 0 Å². The van der Waals surface area contributed by atoms with Gasteiger partial charge in [-0.1, -0.05) is 170 Å². The van der Waals surface area contributed by atoms with Crippen molar-refractivity contribution in [1.82, 2.24) is 0 Å². The number of hydrogen-bond donors (Lipinski definition) is 0. The zero-order valence-electron chi connectivity index (χ0n) is 30.9. The lowest BCUT2D eigenvalue weighted by Gasteiger charge is -2.40. The predicted octanol–water partition coefficient (Wildman–Crippen LogP) is 15.5. The van der Waals surface area contributed by atoms with Crippen LogP contribution < -0.4 is 4.90 Å². The summed E-state index contributed by atoms with van der Waals surface area (Å²) < 4.78 is 0. The molecule has 1 aliphatic rings. The van der Waals surface area contributed by atoms with Crippen LogP contribution in [-0.4, -0.2) is 0 Å². The predicted molar refractivity (Wildman–Crippen MR) is 236 cm³/mol. The molecule has 1 aliphatic heterocycles. The van der Waals surface area contributed by atoms with Gasteiger partial charge in [0.05, 0.1) is 5.69 Å². The molecule has 0 fully saturated rings. The summed E-state index contributed by atoms with van der Waals surface area (Å²) in [5.74, 6) is 0. The Hall–Kier alpha value is -6.87. The molecular formula is C54H39NS. The summed E-state index contributed by atoms with van der Waals surface area (Å²) in [5.41, 5.74) is 13.1. The van der Waals surface area contributed by atoms with Gasteiger partial charge >= 0.3 is 0 Å². The zero-order chi connectivity index (χ0) is 37.3. The first-order valence-corrected chi connectivity index (χ1v) is 20.8. The Kier molecular flexibility index (Phi) is 8.67. The number of para-hydroxylation sites is 1. The molecule has 0 saturated carbocycles. The van der Waals surface area contributed by atoms with E-state index >= 15 is 0 Å². The summed E-state index contributed by atoms with van der Waals surface area (Å²) in [4.78, 5) is 7.90. The highest BCUT2D eigenvalue weighted by molar-refractivity contribution is 8.34. The Balaban J connectivity index is 1.26. The normalized spacial score (nSPS) is 13.0. The second kappa shape index (κ2) is 14.4. The Morgan fingerprint density at radius 3 is 1.46 bits per heavy atom. The van der Waals surface area contributed by atoms with Gasteiger partial charge in [-0.25, -0.2) is 0 Å². The van der Waals surface area contributed by atoms with E-state index in [4.69, 9.17) is 0 Å². The molecule has 0 N–H and O–H groups in total. The van der Waals surface area contributed by atoms with Crippen molar-refractivity contribution >= 4 is 27.1 Å². The van der Waals surface area contributed by atoms with Gasteiger partial charge in [0.2, 0.25) is 0 Å². The number of nitrogens with zero attached hydrogens (tertiary/aromatic N) is 1. The molecule has 0 aromatic heterocycles. The topological polar surface area (TPSA) is 3.24 Å². The van der Waals surface area contributed by atoms with E-state index in [0.717, 1.165) is 17.1 Å². The third kappa shape index (κ3) is 5.66. The quantitative estimate of drug-likeness (QED) is 0.150. The van der Waals surface area contributed by atoms with Crippen LogP contribution in [0.1, 0.15) is 0 Å². The smallest absolute Gasteiger partial charge is 0.0546 e. The van der Waals surface area contributed by atoms with Crippen LogP contribution in [0.5, 0.6) is 0 Å². The van der Waals surface area contributed by atoms with Crippen molar-refractivity contribution in [2.45, 2.75) is 19.6 Å². The van der Waals surface area contributed by atoms with Crippen LogP contribution in [0.2, 0.25) is 0 Å². The highest BCUT2D eigenvalue weighted by Crippen LogP contribution is 2.80. The second-order valence-electron chi connectivity index (χ2n) is 14.1. The number of fused-ring (bicyclic) bond motifs is 3. The summed E-state index contributed by atoms with van der Waals surface area (Å²) in [6.07, 6.45) is 0. The van der Waals surface area contributed by atoms with Gasteiger partial charge in [0.1, 0.15) is 0 Å². The second-order valence-corrected chi connectivity index (χ2v) is 17.1.